The monoisotopic (exact) mass is 404 g/mol. The van der Waals surface area contributed by atoms with E-state index in [0.29, 0.717) is 0 Å². The Hall–Kier alpha value is -1.66. The van der Waals surface area contributed by atoms with Crippen LogP contribution in [0, 0.1) is 6.92 Å². The molecule has 0 bridgehead atoms. The zero-order valence-electron chi connectivity index (χ0n) is 14.9. The zero-order valence-corrected chi connectivity index (χ0v) is 16.4. The Morgan fingerprint density at radius 2 is 2.04 bits per heavy atom. The fraction of sp³-hybridized carbons (Fsp3) is 0.474. The van der Waals surface area contributed by atoms with Crippen LogP contribution >= 0.6 is 15.9 Å². The first-order valence-electron chi connectivity index (χ1n) is 8.83. The second-order valence-corrected chi connectivity index (χ2v) is 7.57. The molecule has 0 saturated carbocycles. The lowest BCUT2D eigenvalue weighted by molar-refractivity contribution is -0.137. The average molecular weight is 405 g/mol. The van der Waals surface area contributed by atoms with Gasteiger partial charge in [0.15, 0.2) is 0 Å². The first-order valence-corrected chi connectivity index (χ1v) is 9.62. The van der Waals surface area contributed by atoms with Crippen molar-refractivity contribution in [2.75, 3.05) is 26.2 Å². The van der Waals surface area contributed by atoms with Crippen molar-refractivity contribution in [2.45, 2.75) is 32.9 Å². The van der Waals surface area contributed by atoms with Crippen LogP contribution in [0.1, 0.15) is 30.5 Å². The highest BCUT2D eigenvalue weighted by molar-refractivity contribution is 9.10. The maximum absolute atomic E-state index is 12.9. The van der Waals surface area contributed by atoms with E-state index in [2.05, 4.69) is 57.1 Å². The Bertz CT molecular complexity index is 722. The molecule has 0 spiro atoms. The number of carbonyl (C=O) groups is 1. The Morgan fingerprint density at radius 3 is 2.64 bits per heavy atom. The maximum Gasteiger partial charge on any atom is 0.247 e. The lowest BCUT2D eigenvalue weighted by atomic mass is 10.1. The van der Waals surface area contributed by atoms with Crippen molar-refractivity contribution in [3.8, 4) is 0 Å². The number of nitrogens with zero attached hydrogens (tertiary/aromatic N) is 4. The number of rotatable bonds is 5. The number of amides is 1. The lowest BCUT2D eigenvalue weighted by Gasteiger charge is -2.36. The molecule has 2 aromatic rings. The average Bonchev–Trinajstić information content (AvgIpc) is 3.02. The van der Waals surface area contributed by atoms with Gasteiger partial charge in [0.25, 0.3) is 0 Å². The van der Waals surface area contributed by atoms with Crippen LogP contribution in [0.5, 0.6) is 0 Å². The van der Waals surface area contributed by atoms with Crippen LogP contribution in [0.3, 0.4) is 0 Å². The minimum absolute atomic E-state index is 0.174. The predicted octanol–water partition coefficient (Wildman–Crippen LogP) is 3.25. The van der Waals surface area contributed by atoms with Gasteiger partial charge >= 0.3 is 0 Å². The van der Waals surface area contributed by atoms with E-state index in [1.165, 1.54) is 11.1 Å². The van der Waals surface area contributed by atoms with E-state index in [1.54, 1.807) is 10.9 Å². The van der Waals surface area contributed by atoms with Crippen LogP contribution < -0.4 is 0 Å². The topological polar surface area (TPSA) is 41.4 Å². The summed E-state index contributed by atoms with van der Waals surface area (Å²) in [6, 6.07) is 8.43. The molecular formula is C19H25BrN4O. The Kier molecular flexibility index (Phi) is 5.91. The van der Waals surface area contributed by atoms with Crippen molar-refractivity contribution in [3.63, 3.8) is 0 Å². The largest absolute Gasteiger partial charge is 0.338 e. The number of aromatic nitrogens is 2. The van der Waals surface area contributed by atoms with E-state index in [4.69, 9.17) is 0 Å². The van der Waals surface area contributed by atoms with E-state index in [1.807, 2.05) is 18.0 Å². The van der Waals surface area contributed by atoms with E-state index >= 15 is 0 Å². The molecule has 1 fully saturated rings. The fourth-order valence-electron chi connectivity index (χ4n) is 3.37. The van der Waals surface area contributed by atoms with Crippen LogP contribution in [-0.2, 0) is 11.3 Å². The van der Waals surface area contributed by atoms with Crippen molar-refractivity contribution < 1.29 is 4.79 Å². The van der Waals surface area contributed by atoms with Gasteiger partial charge in [0.05, 0.1) is 10.7 Å². The summed E-state index contributed by atoms with van der Waals surface area (Å²) in [7, 11) is 0. The summed E-state index contributed by atoms with van der Waals surface area (Å²) in [6.07, 6.45) is 4.35. The number of hydrogen-bond acceptors (Lipinski definition) is 3. The van der Waals surface area contributed by atoms with Gasteiger partial charge in [0, 0.05) is 38.9 Å². The second kappa shape index (κ2) is 8.15. The zero-order chi connectivity index (χ0) is 17.8. The molecule has 1 aromatic carbocycles. The number of halogens is 1. The molecule has 1 saturated heterocycles. The summed E-state index contributed by atoms with van der Waals surface area (Å²) < 4.78 is 2.67. The summed E-state index contributed by atoms with van der Waals surface area (Å²) in [5, 5.41) is 4.29. The van der Waals surface area contributed by atoms with E-state index in [-0.39, 0.29) is 11.9 Å². The highest BCUT2D eigenvalue weighted by atomic mass is 79.9. The molecule has 1 aliphatic rings. The van der Waals surface area contributed by atoms with Gasteiger partial charge in [-0.2, -0.15) is 5.10 Å². The van der Waals surface area contributed by atoms with Gasteiger partial charge in [-0.1, -0.05) is 36.8 Å². The van der Waals surface area contributed by atoms with Crippen LogP contribution in [0.15, 0.2) is 41.1 Å². The molecule has 1 aromatic heterocycles. The van der Waals surface area contributed by atoms with Crippen LogP contribution in [-0.4, -0.2) is 51.7 Å². The highest BCUT2D eigenvalue weighted by Gasteiger charge is 2.28. The van der Waals surface area contributed by atoms with Crippen LogP contribution in [0.4, 0.5) is 0 Å². The van der Waals surface area contributed by atoms with Gasteiger partial charge in [-0.15, -0.1) is 0 Å². The molecule has 5 nitrogen and oxygen atoms in total. The van der Waals surface area contributed by atoms with Crippen molar-refractivity contribution in [2.24, 2.45) is 0 Å². The van der Waals surface area contributed by atoms with Crippen molar-refractivity contribution in [1.29, 1.82) is 0 Å². The first kappa shape index (κ1) is 18.1. The summed E-state index contributed by atoms with van der Waals surface area (Å²) in [5.41, 5.74) is 2.63. The van der Waals surface area contributed by atoms with Crippen molar-refractivity contribution >= 4 is 21.8 Å². The number of piperazine rings is 1. The summed E-state index contributed by atoms with van der Waals surface area (Å²) in [4.78, 5) is 17.3. The third kappa shape index (κ3) is 4.50. The number of benzene rings is 1. The van der Waals surface area contributed by atoms with E-state index in [9.17, 15) is 4.79 Å². The molecule has 2 heterocycles. The predicted molar refractivity (Wildman–Crippen MR) is 102 cm³/mol. The van der Waals surface area contributed by atoms with Gasteiger partial charge in [0.2, 0.25) is 5.91 Å². The molecule has 0 radical (unpaired) electrons. The third-order valence-corrected chi connectivity index (χ3v) is 5.14. The van der Waals surface area contributed by atoms with E-state index < -0.39 is 0 Å². The number of hydrogen-bond donors (Lipinski definition) is 0. The maximum atomic E-state index is 12.9. The highest BCUT2D eigenvalue weighted by Crippen LogP contribution is 2.19. The van der Waals surface area contributed by atoms with E-state index in [0.717, 1.165) is 43.6 Å². The Labute approximate surface area is 157 Å². The number of aryl methyl sites for hydroxylation is 1. The van der Waals surface area contributed by atoms with Crippen molar-refractivity contribution in [3.05, 3.63) is 52.3 Å². The van der Waals surface area contributed by atoms with Gasteiger partial charge in [0.1, 0.15) is 6.04 Å². The third-order valence-electron chi connectivity index (χ3n) is 4.73. The molecule has 0 N–H and O–H groups in total. The second-order valence-electron chi connectivity index (χ2n) is 6.65. The lowest BCUT2D eigenvalue weighted by Crippen LogP contribution is -2.50. The quantitative estimate of drug-likeness (QED) is 0.767. The first-order chi connectivity index (χ1) is 12.1. The minimum Gasteiger partial charge on any atom is -0.338 e. The normalized spacial score (nSPS) is 16.8. The summed E-state index contributed by atoms with van der Waals surface area (Å²) in [6.45, 7) is 8.50. The fourth-order valence-corrected chi connectivity index (χ4v) is 3.67. The molecule has 3 rings (SSSR count). The smallest absolute Gasteiger partial charge is 0.247 e. The van der Waals surface area contributed by atoms with Crippen LogP contribution in [0.2, 0.25) is 0 Å². The molecule has 1 amide bonds. The molecule has 134 valence electrons. The Balaban J connectivity index is 1.56. The molecule has 1 atom stereocenters. The standard InChI is InChI=1S/C19H25BrN4O/c1-3-18(24-14-17(20)12-21-24)19(25)23-9-7-22(8-10-23)13-16-6-4-5-15(2)11-16/h4-6,11-12,14,18H,3,7-10,13H2,1-2H3. The molecule has 1 unspecified atom stereocenters. The summed E-state index contributed by atoms with van der Waals surface area (Å²) >= 11 is 3.40. The van der Waals surface area contributed by atoms with Gasteiger partial charge in [-0.25, -0.2) is 0 Å². The summed E-state index contributed by atoms with van der Waals surface area (Å²) in [5.74, 6) is 0.174. The number of carbonyl (C=O) groups excluding carboxylic acids is 1. The van der Waals surface area contributed by atoms with Gasteiger partial charge < -0.3 is 4.90 Å². The molecule has 6 heteroatoms. The molecule has 1 aliphatic heterocycles. The Morgan fingerprint density at radius 1 is 1.28 bits per heavy atom. The van der Waals surface area contributed by atoms with Gasteiger partial charge in [-0.3, -0.25) is 14.4 Å². The van der Waals surface area contributed by atoms with Gasteiger partial charge in [-0.05, 0) is 34.8 Å². The molecule has 25 heavy (non-hydrogen) atoms. The SMILES string of the molecule is CCC(C(=O)N1CCN(Cc2cccc(C)c2)CC1)n1cc(Br)cn1. The van der Waals surface area contributed by atoms with Crippen LogP contribution in [0.25, 0.3) is 0 Å². The molecule has 0 aliphatic carbocycles. The van der Waals surface area contributed by atoms with Crippen molar-refractivity contribution in [1.82, 2.24) is 19.6 Å². The molecular weight excluding hydrogens is 380 g/mol. The minimum atomic E-state index is -0.213.